The summed E-state index contributed by atoms with van der Waals surface area (Å²) in [5.74, 6) is 7.84. The summed E-state index contributed by atoms with van der Waals surface area (Å²) in [6.07, 6.45) is 4.56. The first-order chi connectivity index (χ1) is 9.74. The van der Waals surface area contributed by atoms with Crippen molar-refractivity contribution < 1.29 is 0 Å². The molecule has 108 valence electrons. The number of aromatic nitrogens is 3. The molecule has 0 aliphatic heterocycles. The van der Waals surface area contributed by atoms with Crippen LogP contribution in [0.4, 0.5) is 11.6 Å². The van der Waals surface area contributed by atoms with Gasteiger partial charge in [0, 0.05) is 36.5 Å². The van der Waals surface area contributed by atoms with E-state index in [0.717, 1.165) is 48.0 Å². The van der Waals surface area contributed by atoms with Gasteiger partial charge in [-0.15, -0.1) is 11.3 Å². The highest BCUT2D eigenvalue weighted by atomic mass is 32.1. The van der Waals surface area contributed by atoms with Crippen LogP contribution in [0.3, 0.4) is 0 Å². The number of anilines is 2. The van der Waals surface area contributed by atoms with E-state index in [0.29, 0.717) is 5.82 Å². The summed E-state index contributed by atoms with van der Waals surface area (Å²) in [5, 5.41) is 6.45. The molecule has 0 aliphatic carbocycles. The van der Waals surface area contributed by atoms with E-state index in [1.165, 1.54) is 0 Å². The zero-order valence-electron chi connectivity index (χ0n) is 11.8. The van der Waals surface area contributed by atoms with Gasteiger partial charge >= 0.3 is 0 Å². The first-order valence-electron chi connectivity index (χ1n) is 6.71. The Hall–Kier alpha value is -1.73. The number of thiazole rings is 1. The Balaban J connectivity index is 2.06. The Morgan fingerprint density at radius 3 is 2.70 bits per heavy atom. The molecule has 20 heavy (non-hydrogen) atoms. The normalized spacial score (nSPS) is 10.6. The standard InChI is InChI=1S/C13H20N6S/c1-3-4-10-17-12(9(2)13(18-10)19-14)16-6-5-11-15-7-8-20-11/h7-8H,3-6,14H2,1-2H3,(H2,16,17,18,19). The summed E-state index contributed by atoms with van der Waals surface area (Å²) < 4.78 is 0. The number of hydrogen-bond acceptors (Lipinski definition) is 7. The van der Waals surface area contributed by atoms with E-state index >= 15 is 0 Å². The van der Waals surface area contributed by atoms with Crippen LogP contribution in [0, 0.1) is 6.92 Å². The fourth-order valence-electron chi connectivity index (χ4n) is 1.88. The van der Waals surface area contributed by atoms with Crippen molar-refractivity contribution in [2.24, 2.45) is 5.84 Å². The second-order valence-electron chi connectivity index (χ2n) is 4.46. The van der Waals surface area contributed by atoms with Crippen LogP contribution in [0.15, 0.2) is 11.6 Å². The van der Waals surface area contributed by atoms with Gasteiger partial charge in [-0.3, -0.25) is 0 Å². The van der Waals surface area contributed by atoms with E-state index in [1.807, 2.05) is 18.5 Å². The number of hydrogen-bond donors (Lipinski definition) is 3. The lowest BCUT2D eigenvalue weighted by molar-refractivity contribution is 0.829. The molecular weight excluding hydrogens is 272 g/mol. The highest BCUT2D eigenvalue weighted by Crippen LogP contribution is 2.19. The van der Waals surface area contributed by atoms with Crippen molar-refractivity contribution in [3.63, 3.8) is 0 Å². The minimum absolute atomic E-state index is 0.681. The van der Waals surface area contributed by atoms with Gasteiger partial charge in [-0.05, 0) is 13.3 Å². The number of nitrogens with two attached hydrogens (primary N) is 1. The number of nitrogen functional groups attached to an aromatic ring is 1. The highest BCUT2D eigenvalue weighted by molar-refractivity contribution is 7.09. The third-order valence-electron chi connectivity index (χ3n) is 2.92. The molecule has 0 bridgehead atoms. The van der Waals surface area contributed by atoms with Crippen molar-refractivity contribution in [3.05, 3.63) is 28.0 Å². The van der Waals surface area contributed by atoms with Gasteiger partial charge in [-0.2, -0.15) is 0 Å². The van der Waals surface area contributed by atoms with Crippen LogP contribution in [0.2, 0.25) is 0 Å². The maximum absolute atomic E-state index is 5.51. The second-order valence-corrected chi connectivity index (χ2v) is 5.44. The summed E-state index contributed by atoms with van der Waals surface area (Å²) in [5.41, 5.74) is 3.57. The Morgan fingerprint density at radius 1 is 1.25 bits per heavy atom. The van der Waals surface area contributed by atoms with Crippen LogP contribution in [0.1, 0.15) is 29.7 Å². The average Bonchev–Trinajstić information content (AvgIpc) is 2.95. The Morgan fingerprint density at radius 2 is 2.05 bits per heavy atom. The van der Waals surface area contributed by atoms with Gasteiger partial charge in [-0.25, -0.2) is 20.8 Å². The smallest absolute Gasteiger partial charge is 0.148 e. The molecule has 2 heterocycles. The Labute approximate surface area is 122 Å². The molecule has 0 saturated heterocycles. The second kappa shape index (κ2) is 7.16. The molecule has 0 spiro atoms. The minimum Gasteiger partial charge on any atom is -0.369 e. The summed E-state index contributed by atoms with van der Waals surface area (Å²) in [7, 11) is 0. The van der Waals surface area contributed by atoms with Crippen molar-refractivity contribution in [2.75, 3.05) is 17.3 Å². The molecule has 0 aromatic carbocycles. The first kappa shape index (κ1) is 14.7. The van der Waals surface area contributed by atoms with E-state index in [4.69, 9.17) is 5.84 Å². The Kier molecular flexibility index (Phi) is 5.25. The van der Waals surface area contributed by atoms with Crippen molar-refractivity contribution in [3.8, 4) is 0 Å². The van der Waals surface area contributed by atoms with Gasteiger partial charge in [0.2, 0.25) is 0 Å². The molecule has 0 saturated carbocycles. The van der Waals surface area contributed by atoms with Crippen LogP contribution in [0.5, 0.6) is 0 Å². The van der Waals surface area contributed by atoms with Gasteiger partial charge in [0.1, 0.15) is 17.5 Å². The largest absolute Gasteiger partial charge is 0.369 e. The third-order valence-corrected chi connectivity index (χ3v) is 3.76. The molecule has 0 amide bonds. The van der Waals surface area contributed by atoms with Crippen LogP contribution in [0.25, 0.3) is 0 Å². The first-order valence-corrected chi connectivity index (χ1v) is 7.59. The number of hydrazine groups is 1. The fraction of sp³-hybridized carbons (Fsp3) is 0.462. The summed E-state index contributed by atoms with van der Waals surface area (Å²) >= 11 is 1.66. The molecule has 2 aromatic rings. The minimum atomic E-state index is 0.681. The zero-order valence-corrected chi connectivity index (χ0v) is 12.6. The van der Waals surface area contributed by atoms with Gasteiger partial charge in [-0.1, -0.05) is 6.92 Å². The Bertz CT molecular complexity index is 540. The number of aryl methyl sites for hydroxylation is 1. The fourth-order valence-corrected chi connectivity index (χ4v) is 2.50. The molecule has 0 atom stereocenters. The van der Waals surface area contributed by atoms with Crippen LogP contribution < -0.4 is 16.6 Å². The number of nitrogens with one attached hydrogen (secondary N) is 2. The lowest BCUT2D eigenvalue weighted by atomic mass is 10.2. The quantitative estimate of drug-likeness (QED) is 0.535. The summed E-state index contributed by atoms with van der Waals surface area (Å²) in [6.45, 7) is 4.85. The van der Waals surface area contributed by atoms with Crippen LogP contribution in [-0.2, 0) is 12.8 Å². The molecule has 7 heteroatoms. The third kappa shape index (κ3) is 3.64. The predicted molar refractivity (Wildman–Crippen MR) is 82.9 cm³/mol. The SMILES string of the molecule is CCCc1nc(NN)c(C)c(NCCc2nccs2)n1. The molecule has 0 unspecified atom stereocenters. The topological polar surface area (TPSA) is 88.8 Å². The van der Waals surface area contributed by atoms with Crippen molar-refractivity contribution in [1.29, 1.82) is 0 Å². The summed E-state index contributed by atoms with van der Waals surface area (Å²) in [4.78, 5) is 13.2. The van der Waals surface area contributed by atoms with Gasteiger partial charge in [0.05, 0.1) is 5.01 Å². The predicted octanol–water partition coefficient (Wildman–Crippen LogP) is 2.13. The maximum Gasteiger partial charge on any atom is 0.148 e. The molecule has 0 aliphatic rings. The van der Waals surface area contributed by atoms with E-state index in [2.05, 4.69) is 32.6 Å². The summed E-state index contributed by atoms with van der Waals surface area (Å²) in [6, 6.07) is 0. The van der Waals surface area contributed by atoms with Crippen molar-refractivity contribution in [2.45, 2.75) is 33.1 Å². The maximum atomic E-state index is 5.51. The van der Waals surface area contributed by atoms with E-state index in [-0.39, 0.29) is 0 Å². The molecular formula is C13H20N6S. The molecule has 4 N–H and O–H groups in total. The monoisotopic (exact) mass is 292 g/mol. The van der Waals surface area contributed by atoms with E-state index in [1.54, 1.807) is 11.3 Å². The van der Waals surface area contributed by atoms with E-state index in [9.17, 15) is 0 Å². The van der Waals surface area contributed by atoms with Gasteiger partial charge in [0.25, 0.3) is 0 Å². The molecule has 0 radical (unpaired) electrons. The molecule has 0 fully saturated rings. The lowest BCUT2D eigenvalue weighted by Crippen LogP contribution is -2.16. The van der Waals surface area contributed by atoms with Gasteiger partial charge < -0.3 is 10.7 Å². The molecule has 6 nitrogen and oxygen atoms in total. The lowest BCUT2D eigenvalue weighted by Gasteiger charge is -2.13. The molecule has 2 aromatic heterocycles. The number of rotatable bonds is 7. The molecule has 2 rings (SSSR count). The van der Waals surface area contributed by atoms with Crippen molar-refractivity contribution in [1.82, 2.24) is 15.0 Å². The number of nitrogens with zero attached hydrogens (tertiary/aromatic N) is 3. The van der Waals surface area contributed by atoms with E-state index < -0.39 is 0 Å². The van der Waals surface area contributed by atoms with Crippen LogP contribution >= 0.6 is 11.3 Å². The highest BCUT2D eigenvalue weighted by Gasteiger charge is 2.09. The van der Waals surface area contributed by atoms with Crippen LogP contribution in [-0.4, -0.2) is 21.5 Å². The van der Waals surface area contributed by atoms with Gasteiger partial charge in [0.15, 0.2) is 0 Å². The van der Waals surface area contributed by atoms with Crippen molar-refractivity contribution >= 4 is 23.0 Å². The average molecular weight is 292 g/mol. The zero-order chi connectivity index (χ0) is 14.4.